The van der Waals surface area contributed by atoms with E-state index in [1.807, 2.05) is 6.07 Å². The number of benzene rings is 1. The van der Waals surface area contributed by atoms with Crippen LogP contribution in [0.2, 0.25) is 0 Å². The molecule has 2 N–H and O–H groups in total. The fraction of sp³-hybridized carbons (Fsp3) is 0.619. The van der Waals surface area contributed by atoms with Crippen LogP contribution < -0.4 is 4.74 Å². The van der Waals surface area contributed by atoms with E-state index in [9.17, 15) is 5.11 Å². The van der Waals surface area contributed by atoms with E-state index in [1.165, 1.54) is 41.5 Å². The van der Waals surface area contributed by atoms with Gasteiger partial charge in [-0.25, -0.2) is 0 Å². The van der Waals surface area contributed by atoms with Gasteiger partial charge in [-0.1, -0.05) is 13.3 Å². The highest BCUT2D eigenvalue weighted by molar-refractivity contribution is 5.87. The first-order valence-electron chi connectivity index (χ1n) is 9.74. The molecule has 1 aromatic carbocycles. The van der Waals surface area contributed by atoms with Gasteiger partial charge in [0.1, 0.15) is 5.75 Å². The number of nitrogens with zero attached hydrogens (tertiary/aromatic N) is 1. The minimum absolute atomic E-state index is 0.125. The zero-order chi connectivity index (χ0) is 17.2. The number of methoxy groups -OCH3 is 1. The summed E-state index contributed by atoms with van der Waals surface area (Å²) in [7, 11) is 1.73. The van der Waals surface area contributed by atoms with Crippen molar-refractivity contribution >= 4 is 10.9 Å². The largest absolute Gasteiger partial charge is 0.497 e. The summed E-state index contributed by atoms with van der Waals surface area (Å²) in [5.74, 6) is 2.33. The predicted molar refractivity (Wildman–Crippen MR) is 99.2 cm³/mol. The maximum absolute atomic E-state index is 10.7. The molecule has 5 atom stereocenters. The highest BCUT2D eigenvalue weighted by Gasteiger charge is 2.57. The van der Waals surface area contributed by atoms with Crippen LogP contribution in [0.4, 0.5) is 0 Å². The van der Waals surface area contributed by atoms with Gasteiger partial charge in [-0.05, 0) is 54.9 Å². The molecule has 0 radical (unpaired) electrons. The molecule has 4 bridgehead atoms. The highest BCUT2D eigenvalue weighted by Crippen LogP contribution is 2.54. The lowest BCUT2D eigenvalue weighted by molar-refractivity contribution is -0.0775. The van der Waals surface area contributed by atoms with Crippen LogP contribution >= 0.6 is 0 Å². The van der Waals surface area contributed by atoms with Gasteiger partial charge >= 0.3 is 0 Å². The minimum Gasteiger partial charge on any atom is -0.497 e. The molecule has 4 heterocycles. The Kier molecular flexibility index (Phi) is 3.45. The standard InChI is InChI=1S/C21H28N2O2/c1-3-14-8-13-10-21(12-24)19-16(6-7-23(11-13)20(14)21)17-9-15(25-2)4-5-18(17)22-19/h4-5,9,13-14,20,22,24H,3,6-8,10-12H2,1-2H3/t13?,14-,20?,21?/m1/s1. The van der Waals surface area contributed by atoms with Crippen molar-refractivity contribution in [2.24, 2.45) is 11.8 Å². The average molecular weight is 340 g/mol. The minimum atomic E-state index is -0.125. The summed E-state index contributed by atoms with van der Waals surface area (Å²) in [5.41, 5.74) is 3.78. The van der Waals surface area contributed by atoms with Crippen molar-refractivity contribution < 1.29 is 9.84 Å². The molecule has 3 aliphatic heterocycles. The molecule has 2 aromatic rings. The maximum atomic E-state index is 10.7. The SMILES string of the molecule is CC[C@@H]1CC2CN3CCc4c([nH]c5ccc(OC)cc45)C(CO)(C2)C13. The fourth-order valence-corrected chi connectivity index (χ4v) is 6.36. The Morgan fingerprint density at radius 1 is 1.40 bits per heavy atom. The lowest BCUT2D eigenvalue weighted by Crippen LogP contribution is -2.65. The van der Waals surface area contributed by atoms with Gasteiger partial charge in [-0.15, -0.1) is 0 Å². The topological polar surface area (TPSA) is 48.5 Å². The van der Waals surface area contributed by atoms with Crippen LogP contribution in [0, 0.1) is 11.8 Å². The van der Waals surface area contributed by atoms with E-state index in [4.69, 9.17) is 4.74 Å². The average Bonchev–Trinajstić information content (AvgIpc) is 2.99. The van der Waals surface area contributed by atoms with Gasteiger partial charge < -0.3 is 14.8 Å². The van der Waals surface area contributed by atoms with E-state index in [0.717, 1.165) is 25.1 Å². The first-order valence-corrected chi connectivity index (χ1v) is 9.74. The highest BCUT2D eigenvalue weighted by atomic mass is 16.5. The second-order valence-electron chi connectivity index (χ2n) is 8.37. The number of aliphatic hydroxyl groups excluding tert-OH is 1. The molecule has 4 heteroatoms. The van der Waals surface area contributed by atoms with Crippen LogP contribution in [-0.2, 0) is 11.8 Å². The number of nitrogens with one attached hydrogen (secondary N) is 1. The molecule has 1 aliphatic carbocycles. The van der Waals surface area contributed by atoms with Gasteiger partial charge in [-0.2, -0.15) is 0 Å². The normalized spacial score (nSPS) is 36.3. The summed E-state index contributed by atoms with van der Waals surface area (Å²) in [4.78, 5) is 6.44. The van der Waals surface area contributed by atoms with E-state index in [0.29, 0.717) is 17.9 Å². The number of aromatic nitrogens is 1. The second kappa shape index (κ2) is 5.49. The van der Waals surface area contributed by atoms with E-state index in [1.54, 1.807) is 7.11 Å². The molecule has 4 nitrogen and oxygen atoms in total. The summed E-state index contributed by atoms with van der Waals surface area (Å²) >= 11 is 0. The Bertz CT molecular complexity index is 814. The Labute approximate surface area is 149 Å². The number of aliphatic hydroxyl groups is 1. The zero-order valence-corrected chi connectivity index (χ0v) is 15.2. The van der Waals surface area contributed by atoms with E-state index in [2.05, 4.69) is 28.9 Å². The second-order valence-corrected chi connectivity index (χ2v) is 8.37. The first-order chi connectivity index (χ1) is 12.2. The number of H-pyrrole nitrogens is 1. The molecule has 4 aliphatic rings. The number of hydrogen-bond acceptors (Lipinski definition) is 3. The summed E-state index contributed by atoms with van der Waals surface area (Å²) in [5, 5.41) is 11.9. The third kappa shape index (κ3) is 2.01. The molecule has 4 unspecified atom stereocenters. The van der Waals surface area contributed by atoms with Crippen molar-refractivity contribution in [2.45, 2.75) is 44.1 Å². The van der Waals surface area contributed by atoms with Crippen molar-refractivity contribution in [3.8, 4) is 5.75 Å². The van der Waals surface area contributed by atoms with Gasteiger partial charge in [0, 0.05) is 41.1 Å². The van der Waals surface area contributed by atoms with E-state index < -0.39 is 0 Å². The van der Waals surface area contributed by atoms with Gasteiger partial charge in [-0.3, -0.25) is 4.90 Å². The van der Waals surface area contributed by atoms with Crippen LogP contribution in [0.3, 0.4) is 0 Å². The molecule has 1 aromatic heterocycles. The van der Waals surface area contributed by atoms with Crippen LogP contribution in [0.25, 0.3) is 10.9 Å². The van der Waals surface area contributed by atoms with Crippen LogP contribution in [0.1, 0.15) is 37.4 Å². The maximum Gasteiger partial charge on any atom is 0.119 e. The van der Waals surface area contributed by atoms with Crippen molar-refractivity contribution in [1.29, 1.82) is 0 Å². The molecule has 134 valence electrons. The van der Waals surface area contributed by atoms with Gasteiger partial charge in [0.15, 0.2) is 0 Å². The van der Waals surface area contributed by atoms with Crippen molar-refractivity contribution in [3.63, 3.8) is 0 Å². The molecule has 25 heavy (non-hydrogen) atoms. The van der Waals surface area contributed by atoms with E-state index in [-0.39, 0.29) is 12.0 Å². The lowest BCUT2D eigenvalue weighted by atomic mass is 9.57. The number of aromatic amines is 1. The van der Waals surface area contributed by atoms with E-state index >= 15 is 0 Å². The number of rotatable bonds is 3. The molecule has 0 spiro atoms. The third-order valence-corrected chi connectivity index (χ3v) is 7.25. The number of hydrogen-bond donors (Lipinski definition) is 2. The molecule has 6 rings (SSSR count). The number of piperidine rings is 2. The summed E-state index contributed by atoms with van der Waals surface area (Å²) in [6.45, 7) is 4.89. The van der Waals surface area contributed by atoms with Gasteiger partial charge in [0.2, 0.25) is 0 Å². The van der Waals surface area contributed by atoms with Crippen molar-refractivity contribution in [2.75, 3.05) is 26.8 Å². The smallest absolute Gasteiger partial charge is 0.119 e. The van der Waals surface area contributed by atoms with Crippen LogP contribution in [0.15, 0.2) is 18.2 Å². The van der Waals surface area contributed by atoms with Crippen molar-refractivity contribution in [1.82, 2.24) is 9.88 Å². The van der Waals surface area contributed by atoms with Crippen molar-refractivity contribution in [3.05, 3.63) is 29.5 Å². The van der Waals surface area contributed by atoms with Crippen LogP contribution in [0.5, 0.6) is 5.75 Å². The Morgan fingerprint density at radius 3 is 3.04 bits per heavy atom. The summed E-state index contributed by atoms with van der Waals surface area (Å²) in [6.07, 6.45) is 4.73. The fourth-order valence-electron chi connectivity index (χ4n) is 6.36. The number of fused-ring (bicyclic) bond motifs is 4. The molecule has 2 saturated heterocycles. The third-order valence-electron chi connectivity index (χ3n) is 7.25. The van der Waals surface area contributed by atoms with Crippen LogP contribution in [-0.4, -0.2) is 47.8 Å². The summed E-state index contributed by atoms with van der Waals surface area (Å²) < 4.78 is 5.46. The molecule has 0 amide bonds. The molecular weight excluding hydrogens is 312 g/mol. The Hall–Kier alpha value is -1.52. The first kappa shape index (κ1) is 15.7. The summed E-state index contributed by atoms with van der Waals surface area (Å²) in [6, 6.07) is 6.79. The molecule has 3 fully saturated rings. The molecule has 1 saturated carbocycles. The number of ether oxygens (including phenoxy) is 1. The Morgan fingerprint density at radius 2 is 2.28 bits per heavy atom. The zero-order valence-electron chi connectivity index (χ0n) is 15.2. The van der Waals surface area contributed by atoms with Gasteiger partial charge in [0.25, 0.3) is 0 Å². The quantitative estimate of drug-likeness (QED) is 0.903. The lowest BCUT2D eigenvalue weighted by Gasteiger charge is -2.59. The molecular formula is C21H28N2O2. The predicted octanol–water partition coefficient (Wildman–Crippen LogP) is 3.08. The monoisotopic (exact) mass is 340 g/mol. The van der Waals surface area contributed by atoms with Gasteiger partial charge in [0.05, 0.1) is 13.7 Å². The Balaban J connectivity index is 1.74.